The fourth-order valence-corrected chi connectivity index (χ4v) is 2.33. The van der Waals surface area contributed by atoms with Gasteiger partial charge in [0.25, 0.3) is 0 Å². The van der Waals surface area contributed by atoms with Crippen molar-refractivity contribution in [2.24, 2.45) is 0 Å². The quantitative estimate of drug-likeness (QED) is 0.684. The van der Waals surface area contributed by atoms with Crippen LogP contribution in [0.3, 0.4) is 0 Å². The number of nitrogens with zero attached hydrogens (tertiary/aromatic N) is 2. The summed E-state index contributed by atoms with van der Waals surface area (Å²) in [6, 6.07) is 5.00. The number of hydrogen-bond donors (Lipinski definition) is 3. The lowest BCUT2D eigenvalue weighted by Crippen LogP contribution is -2.27. The van der Waals surface area contributed by atoms with E-state index >= 15 is 0 Å². The average Bonchev–Trinajstić information content (AvgIpc) is 2.61. The molecule has 132 valence electrons. The van der Waals surface area contributed by atoms with Gasteiger partial charge in [0.2, 0.25) is 0 Å². The number of methoxy groups -OCH3 is 2. The van der Waals surface area contributed by atoms with E-state index < -0.39 is 12.0 Å². The number of urea groups is 1. The lowest BCUT2D eigenvalue weighted by atomic mass is 10.2. The molecule has 0 aliphatic carbocycles. The van der Waals surface area contributed by atoms with E-state index in [1.165, 1.54) is 44.7 Å². The number of aromatic nitrogens is 1. The van der Waals surface area contributed by atoms with E-state index in [-0.39, 0.29) is 16.4 Å². The van der Waals surface area contributed by atoms with Gasteiger partial charge in [-0.15, -0.1) is 0 Å². The number of carbonyl (C=O) groups is 2. The Morgan fingerprint density at radius 1 is 1.24 bits per heavy atom. The molecule has 0 fully saturated rings. The maximum atomic E-state index is 12.4. The van der Waals surface area contributed by atoms with Crippen LogP contribution in [0.25, 0.3) is 0 Å². The lowest BCUT2D eigenvalue weighted by Gasteiger charge is -2.18. The first-order chi connectivity index (χ1) is 11.9. The van der Waals surface area contributed by atoms with Gasteiger partial charge < -0.3 is 19.9 Å². The topological polar surface area (TPSA) is 101 Å². The molecule has 25 heavy (non-hydrogen) atoms. The first-order valence-corrected chi connectivity index (χ1v) is 7.56. The van der Waals surface area contributed by atoms with Crippen molar-refractivity contribution in [1.82, 2.24) is 4.98 Å². The number of carboxylic acid groups (broad SMARTS) is 1. The highest BCUT2D eigenvalue weighted by atomic mass is 35.5. The van der Waals surface area contributed by atoms with Crippen LogP contribution >= 0.6 is 24.4 Å². The standard InChI is InChI=1S/C15H14ClN3O5S/c1-23-12-7-13(24-2)10(6-9(12)16)18-15(22)19(25)8-3-4-17-11(5-8)14(20)21/h3-7,25H,1-2H3,(H,18,22)(H,20,21). The Balaban J connectivity index is 2.26. The van der Waals surface area contributed by atoms with Gasteiger partial charge in [0.05, 0.1) is 30.6 Å². The molecule has 1 heterocycles. The number of pyridine rings is 1. The van der Waals surface area contributed by atoms with Gasteiger partial charge >= 0.3 is 12.0 Å². The van der Waals surface area contributed by atoms with Crippen LogP contribution in [0, 0.1) is 0 Å². The minimum atomic E-state index is -1.22. The molecule has 0 saturated heterocycles. The Hall–Kier alpha value is -2.65. The van der Waals surface area contributed by atoms with Gasteiger partial charge in [0, 0.05) is 12.3 Å². The highest BCUT2D eigenvalue weighted by Crippen LogP contribution is 2.36. The van der Waals surface area contributed by atoms with Crippen LogP contribution in [-0.4, -0.2) is 36.3 Å². The summed E-state index contributed by atoms with van der Waals surface area (Å²) in [5.41, 5.74) is 0.311. The van der Waals surface area contributed by atoms with Crippen LogP contribution in [0.2, 0.25) is 5.02 Å². The van der Waals surface area contributed by atoms with Gasteiger partial charge in [0.1, 0.15) is 17.2 Å². The number of rotatable bonds is 5. The van der Waals surface area contributed by atoms with E-state index in [1.807, 2.05) is 0 Å². The van der Waals surface area contributed by atoms with Gasteiger partial charge in [-0.05, 0) is 18.2 Å². The van der Waals surface area contributed by atoms with Crippen LogP contribution in [0.5, 0.6) is 11.5 Å². The smallest absolute Gasteiger partial charge is 0.354 e. The number of amides is 2. The Kier molecular flexibility index (Phi) is 5.94. The number of halogens is 1. The highest BCUT2D eigenvalue weighted by Gasteiger charge is 2.18. The van der Waals surface area contributed by atoms with Crippen molar-refractivity contribution in [1.29, 1.82) is 0 Å². The number of carboxylic acids is 1. The maximum absolute atomic E-state index is 12.4. The molecular formula is C15H14ClN3O5S. The van der Waals surface area contributed by atoms with E-state index in [0.717, 1.165) is 4.31 Å². The first kappa shape index (κ1) is 18.7. The third kappa shape index (κ3) is 4.25. The van der Waals surface area contributed by atoms with Crippen molar-refractivity contribution in [2.75, 3.05) is 23.8 Å². The molecule has 2 rings (SSSR count). The summed E-state index contributed by atoms with van der Waals surface area (Å²) in [6.07, 6.45) is 1.26. The highest BCUT2D eigenvalue weighted by molar-refractivity contribution is 7.82. The molecule has 1 aromatic heterocycles. The van der Waals surface area contributed by atoms with Crippen LogP contribution < -0.4 is 19.1 Å². The summed E-state index contributed by atoms with van der Waals surface area (Å²) >= 11 is 10.1. The van der Waals surface area contributed by atoms with Gasteiger partial charge in [-0.25, -0.2) is 18.9 Å². The molecule has 0 aliphatic rings. The second-order valence-electron chi connectivity index (χ2n) is 4.63. The molecule has 10 heteroatoms. The third-order valence-electron chi connectivity index (χ3n) is 3.12. The molecule has 0 unspecified atom stereocenters. The summed E-state index contributed by atoms with van der Waals surface area (Å²) in [6.45, 7) is 0. The van der Waals surface area contributed by atoms with Crippen molar-refractivity contribution in [2.45, 2.75) is 0 Å². The Morgan fingerprint density at radius 2 is 1.92 bits per heavy atom. The molecular weight excluding hydrogens is 370 g/mol. The van der Waals surface area contributed by atoms with Gasteiger partial charge in [-0.2, -0.15) is 0 Å². The van der Waals surface area contributed by atoms with Crippen LogP contribution in [0.15, 0.2) is 30.5 Å². The summed E-state index contributed by atoms with van der Waals surface area (Å²) < 4.78 is 11.2. The summed E-state index contributed by atoms with van der Waals surface area (Å²) in [5.74, 6) is -0.496. The molecule has 0 bridgehead atoms. The molecule has 0 aliphatic heterocycles. The zero-order valence-corrected chi connectivity index (χ0v) is 14.8. The van der Waals surface area contributed by atoms with Crippen molar-refractivity contribution in [3.05, 3.63) is 41.2 Å². The summed E-state index contributed by atoms with van der Waals surface area (Å²) in [7, 11) is 2.89. The normalized spacial score (nSPS) is 10.1. The van der Waals surface area contributed by atoms with Gasteiger partial charge in [0.15, 0.2) is 0 Å². The third-order valence-corrected chi connectivity index (χ3v) is 3.82. The Morgan fingerprint density at radius 3 is 2.52 bits per heavy atom. The predicted octanol–water partition coefficient (Wildman–Crippen LogP) is 3.33. The summed E-state index contributed by atoms with van der Waals surface area (Å²) in [4.78, 5) is 27.0. The van der Waals surface area contributed by atoms with Gasteiger partial charge in [-0.3, -0.25) is 0 Å². The maximum Gasteiger partial charge on any atom is 0.354 e. The van der Waals surface area contributed by atoms with E-state index in [1.54, 1.807) is 0 Å². The molecule has 2 amide bonds. The molecule has 1 aromatic carbocycles. The lowest BCUT2D eigenvalue weighted by molar-refractivity contribution is 0.0690. The number of benzene rings is 1. The number of ether oxygens (including phenoxy) is 2. The second kappa shape index (κ2) is 7.95. The summed E-state index contributed by atoms with van der Waals surface area (Å²) in [5, 5.41) is 11.8. The van der Waals surface area contributed by atoms with Crippen LogP contribution in [0.4, 0.5) is 16.2 Å². The minimum Gasteiger partial charge on any atom is -0.495 e. The number of aromatic carboxylic acids is 1. The van der Waals surface area contributed by atoms with Crippen molar-refractivity contribution >= 4 is 47.8 Å². The van der Waals surface area contributed by atoms with Crippen LogP contribution in [-0.2, 0) is 0 Å². The molecule has 2 N–H and O–H groups in total. The fourth-order valence-electron chi connectivity index (χ4n) is 1.91. The van der Waals surface area contributed by atoms with E-state index in [4.69, 9.17) is 26.2 Å². The first-order valence-electron chi connectivity index (χ1n) is 6.78. The van der Waals surface area contributed by atoms with E-state index in [0.29, 0.717) is 17.2 Å². The zero-order chi connectivity index (χ0) is 18.6. The Bertz CT molecular complexity index is 818. The minimum absolute atomic E-state index is 0.213. The number of hydrogen-bond acceptors (Lipinski definition) is 6. The molecule has 0 atom stereocenters. The number of thiol groups is 1. The van der Waals surface area contributed by atoms with Crippen molar-refractivity contribution in [3.63, 3.8) is 0 Å². The molecule has 0 saturated carbocycles. The SMILES string of the molecule is COc1cc(OC)c(NC(=O)N(S)c2ccnc(C(=O)O)c2)cc1Cl. The molecule has 0 radical (unpaired) electrons. The van der Waals surface area contributed by atoms with E-state index in [9.17, 15) is 9.59 Å². The fraction of sp³-hybridized carbons (Fsp3) is 0.133. The van der Waals surface area contributed by atoms with Crippen molar-refractivity contribution < 1.29 is 24.2 Å². The molecule has 2 aromatic rings. The number of carbonyl (C=O) groups excluding carboxylic acids is 1. The number of nitrogens with one attached hydrogen (secondary N) is 1. The van der Waals surface area contributed by atoms with Gasteiger partial charge in [-0.1, -0.05) is 24.4 Å². The monoisotopic (exact) mass is 383 g/mol. The molecule has 0 spiro atoms. The zero-order valence-electron chi connectivity index (χ0n) is 13.2. The van der Waals surface area contributed by atoms with Crippen LogP contribution in [0.1, 0.15) is 10.5 Å². The van der Waals surface area contributed by atoms with E-state index in [2.05, 4.69) is 23.1 Å². The number of anilines is 2. The second-order valence-corrected chi connectivity index (χ2v) is 5.44. The van der Waals surface area contributed by atoms with Crippen molar-refractivity contribution in [3.8, 4) is 11.5 Å². The Labute approximate surface area is 153 Å². The predicted molar refractivity (Wildman–Crippen MR) is 96.2 cm³/mol. The molecule has 8 nitrogen and oxygen atoms in total. The largest absolute Gasteiger partial charge is 0.495 e. The average molecular weight is 384 g/mol.